The van der Waals surface area contributed by atoms with Gasteiger partial charge in [0.2, 0.25) is 5.91 Å². The van der Waals surface area contributed by atoms with Crippen LogP contribution in [-0.4, -0.2) is 45.6 Å². The Bertz CT molecular complexity index is 1660. The fraction of sp³-hybridized carbons (Fsp3) is 0.156. The molecule has 206 valence electrons. The Kier molecular flexibility index (Phi) is 7.59. The number of hydrogen-bond donors (Lipinski definition) is 3. The van der Waals surface area contributed by atoms with Crippen molar-refractivity contribution in [3.63, 3.8) is 0 Å². The Balaban J connectivity index is 1.17. The summed E-state index contributed by atoms with van der Waals surface area (Å²) >= 11 is 0. The van der Waals surface area contributed by atoms with Crippen molar-refractivity contribution in [2.45, 2.75) is 18.9 Å². The molecule has 9 heteroatoms. The van der Waals surface area contributed by atoms with E-state index in [1.54, 1.807) is 18.3 Å². The molecule has 41 heavy (non-hydrogen) atoms. The molecule has 0 radical (unpaired) electrons. The molecule has 3 aromatic carbocycles. The molecule has 6 rings (SSSR count). The summed E-state index contributed by atoms with van der Waals surface area (Å²) in [6, 6.07) is 26.9. The van der Waals surface area contributed by atoms with Gasteiger partial charge in [-0.05, 0) is 68.4 Å². The van der Waals surface area contributed by atoms with Crippen LogP contribution < -0.4 is 20.1 Å². The predicted molar refractivity (Wildman–Crippen MR) is 160 cm³/mol. The van der Waals surface area contributed by atoms with Crippen LogP contribution in [0.3, 0.4) is 0 Å². The Morgan fingerprint density at radius 3 is 2.37 bits per heavy atom. The lowest BCUT2D eigenvalue weighted by atomic mass is 10.2. The zero-order chi connectivity index (χ0) is 28.0. The molecule has 0 unspecified atom stereocenters. The summed E-state index contributed by atoms with van der Waals surface area (Å²) in [6.45, 7) is 0.747. The summed E-state index contributed by atoms with van der Waals surface area (Å²) in [5.41, 5.74) is 1.84. The number of benzene rings is 3. The molecule has 5 aromatic rings. The van der Waals surface area contributed by atoms with Crippen LogP contribution in [0.25, 0.3) is 11.0 Å². The Morgan fingerprint density at radius 2 is 1.61 bits per heavy atom. The molecule has 1 aliphatic rings. The van der Waals surface area contributed by atoms with E-state index in [-0.39, 0.29) is 5.91 Å². The lowest BCUT2D eigenvalue weighted by Gasteiger charge is -2.13. The van der Waals surface area contributed by atoms with Crippen molar-refractivity contribution in [2.24, 2.45) is 0 Å². The number of nitrogens with zero attached hydrogens (tertiary/aromatic N) is 3. The van der Waals surface area contributed by atoms with Crippen molar-refractivity contribution in [2.75, 3.05) is 24.2 Å². The highest BCUT2D eigenvalue weighted by molar-refractivity contribution is 6.02. The number of para-hydroxylation sites is 3. The van der Waals surface area contributed by atoms with Gasteiger partial charge < -0.3 is 20.1 Å². The minimum absolute atomic E-state index is 0.191. The monoisotopic (exact) mass is 546 g/mol. The van der Waals surface area contributed by atoms with Gasteiger partial charge in [0.1, 0.15) is 34.2 Å². The average Bonchev–Trinajstić information content (AvgIpc) is 3.77. The second kappa shape index (κ2) is 11.9. The van der Waals surface area contributed by atoms with Gasteiger partial charge >= 0.3 is 0 Å². The van der Waals surface area contributed by atoms with E-state index in [0.717, 1.165) is 12.3 Å². The van der Waals surface area contributed by atoms with Crippen LogP contribution in [0.5, 0.6) is 23.0 Å². The van der Waals surface area contributed by atoms with Crippen molar-refractivity contribution < 1.29 is 14.3 Å². The third-order valence-corrected chi connectivity index (χ3v) is 6.72. The molecule has 9 nitrogen and oxygen atoms in total. The summed E-state index contributed by atoms with van der Waals surface area (Å²) in [4.78, 5) is 19.3. The van der Waals surface area contributed by atoms with Crippen LogP contribution in [0.1, 0.15) is 12.8 Å². The van der Waals surface area contributed by atoms with Gasteiger partial charge in [-0.1, -0.05) is 36.4 Å². The normalized spacial score (nSPS) is 13.0. The number of fused-ring (bicyclic) bond motifs is 1. The predicted octanol–water partition coefficient (Wildman–Crippen LogP) is 6.88. The van der Waals surface area contributed by atoms with E-state index in [0.29, 0.717) is 51.5 Å². The summed E-state index contributed by atoms with van der Waals surface area (Å²) in [5.74, 6) is 3.08. The van der Waals surface area contributed by atoms with Crippen LogP contribution in [0.4, 0.5) is 17.2 Å². The number of pyridine rings is 1. The first kappa shape index (κ1) is 26.1. The number of nitrogens with one attached hydrogen (secondary N) is 3. The van der Waals surface area contributed by atoms with Crippen molar-refractivity contribution >= 4 is 34.1 Å². The van der Waals surface area contributed by atoms with Crippen LogP contribution in [0.2, 0.25) is 0 Å². The van der Waals surface area contributed by atoms with Gasteiger partial charge in [-0.3, -0.25) is 14.8 Å². The highest BCUT2D eigenvalue weighted by Gasteiger charge is 2.24. The third-order valence-electron chi connectivity index (χ3n) is 6.72. The number of carbonyl (C=O) groups is 1. The minimum Gasteiger partial charge on any atom is -0.457 e. The SMILES string of the molecule is CN(CC=CC(=O)Nc1ccccc1Nc1[nH]nc2nccc(Oc3ccc(Oc4ccccc4)cc3)c12)C1CC1. The first-order valence-electron chi connectivity index (χ1n) is 13.5. The summed E-state index contributed by atoms with van der Waals surface area (Å²) in [7, 11) is 2.08. The first-order chi connectivity index (χ1) is 20.1. The number of carbonyl (C=O) groups excluding carboxylic acids is 1. The second-order valence-corrected chi connectivity index (χ2v) is 9.83. The molecular weight excluding hydrogens is 516 g/mol. The number of hydrogen-bond acceptors (Lipinski definition) is 7. The molecule has 0 aliphatic heterocycles. The summed E-state index contributed by atoms with van der Waals surface area (Å²) in [5, 5.41) is 14.4. The molecule has 0 saturated heterocycles. The lowest BCUT2D eigenvalue weighted by Crippen LogP contribution is -2.20. The van der Waals surface area contributed by atoms with Crippen molar-refractivity contribution in [1.82, 2.24) is 20.1 Å². The number of H-pyrrole nitrogens is 1. The van der Waals surface area contributed by atoms with E-state index in [4.69, 9.17) is 9.47 Å². The van der Waals surface area contributed by atoms with Crippen molar-refractivity contribution in [1.29, 1.82) is 0 Å². The average molecular weight is 547 g/mol. The van der Waals surface area contributed by atoms with Crippen LogP contribution in [-0.2, 0) is 4.79 Å². The molecule has 2 aromatic heterocycles. The van der Waals surface area contributed by atoms with Gasteiger partial charge in [0.25, 0.3) is 0 Å². The highest BCUT2D eigenvalue weighted by atomic mass is 16.5. The quantitative estimate of drug-likeness (QED) is 0.155. The van der Waals surface area contributed by atoms with Crippen molar-refractivity contribution in [3.05, 3.63) is 103 Å². The largest absolute Gasteiger partial charge is 0.457 e. The zero-order valence-corrected chi connectivity index (χ0v) is 22.6. The fourth-order valence-electron chi connectivity index (χ4n) is 4.42. The number of ether oxygens (including phenoxy) is 2. The maximum absolute atomic E-state index is 12.6. The zero-order valence-electron chi connectivity index (χ0n) is 22.6. The number of aromatic nitrogens is 3. The van der Waals surface area contributed by atoms with Gasteiger partial charge in [0.05, 0.1) is 11.4 Å². The van der Waals surface area contributed by atoms with E-state index in [1.165, 1.54) is 12.8 Å². The maximum atomic E-state index is 12.6. The van der Waals surface area contributed by atoms with E-state index in [2.05, 4.69) is 37.8 Å². The Morgan fingerprint density at radius 1 is 0.927 bits per heavy atom. The number of aromatic amines is 1. The molecule has 0 bridgehead atoms. The van der Waals surface area contributed by atoms with Gasteiger partial charge in [-0.25, -0.2) is 4.98 Å². The van der Waals surface area contributed by atoms with E-state index >= 15 is 0 Å². The molecule has 0 spiro atoms. The highest BCUT2D eigenvalue weighted by Crippen LogP contribution is 2.36. The molecule has 3 N–H and O–H groups in total. The second-order valence-electron chi connectivity index (χ2n) is 9.83. The smallest absolute Gasteiger partial charge is 0.248 e. The third kappa shape index (κ3) is 6.54. The summed E-state index contributed by atoms with van der Waals surface area (Å²) < 4.78 is 12.1. The van der Waals surface area contributed by atoms with Gasteiger partial charge in [0, 0.05) is 30.9 Å². The summed E-state index contributed by atoms with van der Waals surface area (Å²) in [6.07, 6.45) is 7.58. The Labute approximate surface area is 237 Å². The van der Waals surface area contributed by atoms with E-state index in [1.807, 2.05) is 84.9 Å². The molecule has 1 fully saturated rings. The minimum atomic E-state index is -0.191. The van der Waals surface area contributed by atoms with Crippen LogP contribution >= 0.6 is 0 Å². The Hall–Kier alpha value is -5.15. The number of rotatable bonds is 11. The van der Waals surface area contributed by atoms with E-state index < -0.39 is 0 Å². The topological polar surface area (TPSA) is 104 Å². The standard InChI is InChI=1S/C32H30N6O3/c1-38(22-13-14-22)21-7-12-29(39)34-26-10-5-6-11-27(26)35-32-30-28(19-20-33-31(30)36-37-32)41-25-17-15-24(16-18-25)40-23-8-3-2-4-9-23/h2-12,15-20,22H,13-14,21H2,1H3,(H,34,39)(H2,33,35,36,37). The molecular formula is C32H30N6O3. The first-order valence-corrected chi connectivity index (χ1v) is 13.5. The fourth-order valence-corrected chi connectivity index (χ4v) is 4.42. The van der Waals surface area contributed by atoms with Crippen LogP contribution in [0, 0.1) is 0 Å². The molecule has 1 saturated carbocycles. The van der Waals surface area contributed by atoms with Gasteiger partial charge in [-0.15, -0.1) is 0 Å². The van der Waals surface area contributed by atoms with Gasteiger partial charge in [0.15, 0.2) is 5.65 Å². The van der Waals surface area contributed by atoms with Gasteiger partial charge in [-0.2, -0.15) is 5.10 Å². The number of amides is 1. The van der Waals surface area contributed by atoms with Crippen LogP contribution in [0.15, 0.2) is 103 Å². The molecule has 1 amide bonds. The molecule has 2 heterocycles. The van der Waals surface area contributed by atoms with Crippen molar-refractivity contribution in [3.8, 4) is 23.0 Å². The molecule has 0 atom stereocenters. The molecule has 1 aliphatic carbocycles. The van der Waals surface area contributed by atoms with E-state index in [9.17, 15) is 4.79 Å². The number of likely N-dealkylation sites (N-methyl/N-ethyl adjacent to an activating group) is 1. The maximum Gasteiger partial charge on any atom is 0.248 e. The number of anilines is 3. The lowest BCUT2D eigenvalue weighted by molar-refractivity contribution is -0.111.